The van der Waals surface area contributed by atoms with E-state index < -0.39 is 0 Å². The van der Waals surface area contributed by atoms with Crippen molar-refractivity contribution in [2.45, 2.75) is 6.42 Å². The van der Waals surface area contributed by atoms with Crippen molar-refractivity contribution in [1.82, 2.24) is 0 Å². The maximum Gasteiger partial charge on any atom is 0.137 e. The lowest BCUT2D eigenvalue weighted by molar-refractivity contribution is 1.28. The average Bonchev–Trinajstić information content (AvgIpc) is 2.06. The van der Waals surface area contributed by atoms with E-state index in [0.29, 0.717) is 6.42 Å². The molecule has 1 rings (SSSR count). The summed E-state index contributed by atoms with van der Waals surface area (Å²) in [6.07, 6.45) is 0.441. The highest BCUT2D eigenvalue weighted by Crippen LogP contribution is 1.99. The molecule has 0 heterocycles. The monoisotopic (exact) mass is 161 g/mol. The largest absolute Gasteiger partial charge is 0.383 e. The maximum atomic E-state index is 7.33. The molecule has 0 saturated heterocycles. The lowest BCUT2D eigenvalue weighted by Gasteiger charge is -2.00. The van der Waals surface area contributed by atoms with Gasteiger partial charge in [-0.1, -0.05) is 30.3 Å². The molecule has 3 nitrogen and oxygen atoms in total. The predicted octanol–water partition coefficient (Wildman–Crippen LogP) is 1.18. The minimum atomic E-state index is -0.154. The summed E-state index contributed by atoms with van der Waals surface area (Å²) in [5.74, 6) is -0.154. The van der Waals surface area contributed by atoms with Crippen LogP contribution >= 0.6 is 0 Å². The summed E-state index contributed by atoms with van der Waals surface area (Å²) in [4.78, 5) is 0. The van der Waals surface area contributed by atoms with Gasteiger partial charge in [0, 0.05) is 6.42 Å². The van der Waals surface area contributed by atoms with E-state index in [1.54, 1.807) is 0 Å². The van der Waals surface area contributed by atoms with E-state index in [0.717, 1.165) is 5.56 Å². The SMILES string of the molecule is N=C(N)C(=N)Cc1ccccc1. The van der Waals surface area contributed by atoms with Gasteiger partial charge in [-0.3, -0.25) is 5.41 Å². The predicted molar refractivity (Wildman–Crippen MR) is 49.8 cm³/mol. The molecule has 0 unspecified atom stereocenters. The molecule has 12 heavy (non-hydrogen) atoms. The Labute approximate surface area is 71.2 Å². The van der Waals surface area contributed by atoms with Crippen molar-refractivity contribution in [3.63, 3.8) is 0 Å². The third kappa shape index (κ3) is 2.20. The van der Waals surface area contributed by atoms with Crippen LogP contribution in [0.5, 0.6) is 0 Å². The van der Waals surface area contributed by atoms with Crippen molar-refractivity contribution < 1.29 is 0 Å². The number of nitrogens with one attached hydrogen (secondary N) is 2. The smallest absolute Gasteiger partial charge is 0.137 e. The number of amidine groups is 1. The zero-order chi connectivity index (χ0) is 8.97. The van der Waals surface area contributed by atoms with Gasteiger partial charge in [0.25, 0.3) is 0 Å². The number of benzene rings is 1. The summed E-state index contributed by atoms with van der Waals surface area (Å²) in [7, 11) is 0. The molecule has 0 bridgehead atoms. The zero-order valence-electron chi connectivity index (χ0n) is 6.67. The van der Waals surface area contributed by atoms with Gasteiger partial charge < -0.3 is 11.1 Å². The highest BCUT2D eigenvalue weighted by Gasteiger charge is 2.00. The van der Waals surface area contributed by atoms with Crippen LogP contribution in [0.1, 0.15) is 5.56 Å². The molecule has 3 heteroatoms. The molecule has 0 aromatic heterocycles. The quantitative estimate of drug-likeness (QED) is 0.452. The van der Waals surface area contributed by atoms with Gasteiger partial charge in [-0.2, -0.15) is 0 Å². The van der Waals surface area contributed by atoms with Crippen molar-refractivity contribution >= 4 is 11.5 Å². The molecule has 4 N–H and O–H groups in total. The molecule has 1 aromatic rings. The fourth-order valence-corrected chi connectivity index (χ4v) is 0.895. The van der Waals surface area contributed by atoms with Crippen LogP contribution < -0.4 is 5.73 Å². The Bertz CT molecular complexity index is 290. The van der Waals surface area contributed by atoms with E-state index in [9.17, 15) is 0 Å². The second-order valence-electron chi connectivity index (χ2n) is 2.55. The molecule has 0 amide bonds. The average molecular weight is 161 g/mol. The first-order chi connectivity index (χ1) is 5.70. The van der Waals surface area contributed by atoms with Gasteiger partial charge in [-0.05, 0) is 5.56 Å². The number of hydrogen-bond acceptors (Lipinski definition) is 2. The van der Waals surface area contributed by atoms with Gasteiger partial charge in [-0.25, -0.2) is 0 Å². The first-order valence-electron chi connectivity index (χ1n) is 3.66. The van der Waals surface area contributed by atoms with Crippen molar-refractivity contribution in [3.8, 4) is 0 Å². The number of rotatable bonds is 3. The first kappa shape index (κ1) is 8.46. The van der Waals surface area contributed by atoms with E-state index in [-0.39, 0.29) is 11.5 Å². The number of nitrogens with two attached hydrogens (primary N) is 1. The molecular weight excluding hydrogens is 150 g/mol. The van der Waals surface area contributed by atoms with E-state index in [2.05, 4.69) is 0 Å². The third-order valence-corrected chi connectivity index (χ3v) is 1.55. The normalized spacial score (nSPS) is 9.33. The lowest BCUT2D eigenvalue weighted by atomic mass is 10.1. The third-order valence-electron chi connectivity index (χ3n) is 1.55. The summed E-state index contributed by atoms with van der Waals surface area (Å²) in [5, 5.41) is 14.3. The molecule has 0 aliphatic rings. The van der Waals surface area contributed by atoms with Crippen LogP contribution in [0, 0.1) is 10.8 Å². The highest BCUT2D eigenvalue weighted by atomic mass is 14.7. The van der Waals surface area contributed by atoms with Crippen molar-refractivity contribution in [3.05, 3.63) is 35.9 Å². The molecule has 0 aliphatic heterocycles. The minimum absolute atomic E-state index is 0.154. The molecule has 0 spiro atoms. The van der Waals surface area contributed by atoms with Crippen molar-refractivity contribution in [2.75, 3.05) is 0 Å². The summed E-state index contributed by atoms with van der Waals surface area (Å²) in [6.45, 7) is 0. The molecule has 0 radical (unpaired) electrons. The standard InChI is InChI=1S/C9H11N3/c10-8(9(11)12)6-7-4-2-1-3-5-7/h1-5,10H,6H2,(H3,11,12). The Hall–Kier alpha value is -1.64. The van der Waals surface area contributed by atoms with Crippen LogP contribution in [0.4, 0.5) is 0 Å². The van der Waals surface area contributed by atoms with Crippen LogP contribution in [0.2, 0.25) is 0 Å². The summed E-state index contributed by atoms with van der Waals surface area (Å²) in [5.41, 5.74) is 6.32. The van der Waals surface area contributed by atoms with Crippen LogP contribution in [0.15, 0.2) is 30.3 Å². The summed E-state index contributed by atoms with van der Waals surface area (Å²) >= 11 is 0. The van der Waals surface area contributed by atoms with E-state index >= 15 is 0 Å². The molecule has 0 atom stereocenters. The first-order valence-corrected chi connectivity index (χ1v) is 3.66. The Kier molecular flexibility index (Phi) is 2.58. The van der Waals surface area contributed by atoms with Crippen LogP contribution in [-0.4, -0.2) is 11.5 Å². The maximum absolute atomic E-state index is 7.33. The zero-order valence-corrected chi connectivity index (χ0v) is 6.67. The molecule has 62 valence electrons. The Morgan fingerprint density at radius 2 is 1.75 bits per heavy atom. The van der Waals surface area contributed by atoms with E-state index in [4.69, 9.17) is 16.6 Å². The fraction of sp³-hybridized carbons (Fsp3) is 0.111. The Morgan fingerprint density at radius 3 is 2.25 bits per heavy atom. The molecule has 0 aliphatic carbocycles. The van der Waals surface area contributed by atoms with E-state index in [1.807, 2.05) is 30.3 Å². The summed E-state index contributed by atoms with van der Waals surface area (Å²) in [6, 6.07) is 9.56. The molecule has 0 fully saturated rings. The topological polar surface area (TPSA) is 73.7 Å². The lowest BCUT2D eigenvalue weighted by Crippen LogP contribution is -2.23. The van der Waals surface area contributed by atoms with Gasteiger partial charge >= 0.3 is 0 Å². The van der Waals surface area contributed by atoms with Gasteiger partial charge in [0.15, 0.2) is 0 Å². The fourth-order valence-electron chi connectivity index (χ4n) is 0.895. The number of hydrogen-bond donors (Lipinski definition) is 3. The molecule has 1 aromatic carbocycles. The second-order valence-corrected chi connectivity index (χ2v) is 2.55. The Morgan fingerprint density at radius 1 is 1.17 bits per heavy atom. The highest BCUT2D eigenvalue weighted by molar-refractivity contribution is 6.38. The minimum Gasteiger partial charge on any atom is -0.383 e. The molecule has 0 saturated carbocycles. The van der Waals surface area contributed by atoms with Crippen LogP contribution in [0.25, 0.3) is 0 Å². The van der Waals surface area contributed by atoms with Crippen LogP contribution in [0.3, 0.4) is 0 Å². The van der Waals surface area contributed by atoms with Gasteiger partial charge in [0.1, 0.15) is 5.84 Å². The van der Waals surface area contributed by atoms with Gasteiger partial charge in [0.2, 0.25) is 0 Å². The van der Waals surface area contributed by atoms with Crippen molar-refractivity contribution in [1.29, 1.82) is 10.8 Å². The van der Waals surface area contributed by atoms with Crippen LogP contribution in [-0.2, 0) is 6.42 Å². The Balaban J connectivity index is 2.65. The van der Waals surface area contributed by atoms with Gasteiger partial charge in [0.05, 0.1) is 5.71 Å². The molecular formula is C9H11N3. The van der Waals surface area contributed by atoms with E-state index in [1.165, 1.54) is 0 Å². The summed E-state index contributed by atoms with van der Waals surface area (Å²) < 4.78 is 0. The van der Waals surface area contributed by atoms with Gasteiger partial charge in [-0.15, -0.1) is 0 Å². The second kappa shape index (κ2) is 3.67. The van der Waals surface area contributed by atoms with Crippen molar-refractivity contribution in [2.24, 2.45) is 5.73 Å².